The van der Waals surface area contributed by atoms with Gasteiger partial charge in [0.1, 0.15) is 0 Å². The first-order valence-corrected chi connectivity index (χ1v) is 5.26. The molecule has 2 heteroatoms. The number of hydrogen-bond donors (Lipinski definition) is 1. The van der Waals surface area contributed by atoms with Crippen molar-refractivity contribution in [3.8, 4) is 0 Å². The molecule has 0 unspecified atom stereocenters. The lowest BCUT2D eigenvalue weighted by Crippen LogP contribution is -2.36. The Morgan fingerprint density at radius 2 is 1.77 bits per heavy atom. The van der Waals surface area contributed by atoms with E-state index in [2.05, 4.69) is 13.8 Å². The Balaban J connectivity index is 2.40. The van der Waals surface area contributed by atoms with Gasteiger partial charge in [-0.2, -0.15) is 0 Å². The van der Waals surface area contributed by atoms with Crippen LogP contribution in [0.15, 0.2) is 0 Å². The normalized spacial score (nSPS) is 30.5. The molecule has 0 aromatic carbocycles. The van der Waals surface area contributed by atoms with Crippen molar-refractivity contribution in [3.63, 3.8) is 0 Å². The van der Waals surface area contributed by atoms with Gasteiger partial charge < -0.3 is 9.84 Å². The molecule has 2 nitrogen and oxygen atoms in total. The van der Waals surface area contributed by atoms with Crippen LogP contribution in [0.1, 0.15) is 39.5 Å². The van der Waals surface area contributed by atoms with Crippen molar-refractivity contribution in [2.45, 2.75) is 45.1 Å². The minimum absolute atomic E-state index is 0.0143. The molecular weight excluding hydrogens is 164 g/mol. The molecule has 1 N–H and O–H groups in total. The Bertz CT molecular complexity index is 146. The molecule has 13 heavy (non-hydrogen) atoms. The molecule has 0 saturated heterocycles. The maximum atomic E-state index is 9.01. The van der Waals surface area contributed by atoms with Crippen molar-refractivity contribution in [1.82, 2.24) is 0 Å². The van der Waals surface area contributed by atoms with E-state index in [0.717, 1.165) is 12.8 Å². The van der Waals surface area contributed by atoms with Gasteiger partial charge in [0.2, 0.25) is 0 Å². The van der Waals surface area contributed by atoms with Gasteiger partial charge in [-0.25, -0.2) is 0 Å². The summed E-state index contributed by atoms with van der Waals surface area (Å²) in [6.07, 6.45) is 4.72. The second-order valence-corrected chi connectivity index (χ2v) is 4.71. The maximum absolute atomic E-state index is 9.01. The number of methoxy groups -OCH3 is 1. The molecule has 0 aliphatic heterocycles. The van der Waals surface area contributed by atoms with Gasteiger partial charge in [-0.3, -0.25) is 0 Å². The second kappa shape index (κ2) is 4.43. The average Bonchev–Trinajstić information content (AvgIpc) is 2.18. The highest BCUT2D eigenvalue weighted by atomic mass is 16.5. The highest BCUT2D eigenvalue weighted by Crippen LogP contribution is 2.36. The molecule has 1 aliphatic carbocycles. The molecule has 1 fully saturated rings. The van der Waals surface area contributed by atoms with E-state index in [9.17, 15) is 0 Å². The van der Waals surface area contributed by atoms with E-state index < -0.39 is 0 Å². The van der Waals surface area contributed by atoms with Gasteiger partial charge in [-0.15, -0.1) is 0 Å². The number of aliphatic hydroxyl groups is 1. The van der Waals surface area contributed by atoms with Crippen LogP contribution in [0.2, 0.25) is 0 Å². The summed E-state index contributed by atoms with van der Waals surface area (Å²) in [4.78, 5) is 0. The standard InChI is InChI=1S/C11H22O2/c1-11(2,13-3)10-6-4-9(8-12)5-7-10/h9-10,12H,4-8H2,1-3H3. The molecule has 0 aromatic heterocycles. The minimum atomic E-state index is 0.0143. The summed E-state index contributed by atoms with van der Waals surface area (Å²) in [5, 5.41) is 9.01. The summed E-state index contributed by atoms with van der Waals surface area (Å²) >= 11 is 0. The van der Waals surface area contributed by atoms with Crippen molar-refractivity contribution < 1.29 is 9.84 Å². The Kier molecular flexibility index (Phi) is 3.74. The van der Waals surface area contributed by atoms with E-state index >= 15 is 0 Å². The lowest BCUT2D eigenvalue weighted by Gasteiger charge is -2.37. The van der Waals surface area contributed by atoms with Crippen LogP contribution in [-0.4, -0.2) is 24.4 Å². The van der Waals surface area contributed by atoms with Crippen LogP contribution >= 0.6 is 0 Å². The van der Waals surface area contributed by atoms with Crippen molar-refractivity contribution >= 4 is 0 Å². The second-order valence-electron chi connectivity index (χ2n) is 4.71. The predicted molar refractivity (Wildman–Crippen MR) is 53.6 cm³/mol. The molecule has 0 atom stereocenters. The number of ether oxygens (including phenoxy) is 1. The number of hydrogen-bond acceptors (Lipinski definition) is 2. The van der Waals surface area contributed by atoms with Crippen LogP contribution in [0.3, 0.4) is 0 Å². The zero-order valence-corrected chi connectivity index (χ0v) is 9.05. The SMILES string of the molecule is COC(C)(C)C1CCC(CO)CC1. The predicted octanol–water partition coefficient (Wildman–Crippen LogP) is 2.21. The van der Waals surface area contributed by atoms with Crippen molar-refractivity contribution in [2.75, 3.05) is 13.7 Å². The summed E-state index contributed by atoms with van der Waals surface area (Å²) in [5.41, 5.74) is 0.0143. The van der Waals surface area contributed by atoms with Crippen molar-refractivity contribution in [1.29, 1.82) is 0 Å². The van der Waals surface area contributed by atoms with E-state index in [4.69, 9.17) is 9.84 Å². The third-order valence-corrected chi connectivity index (χ3v) is 3.61. The smallest absolute Gasteiger partial charge is 0.0650 e. The molecule has 0 aromatic rings. The molecule has 0 radical (unpaired) electrons. The van der Waals surface area contributed by atoms with Crippen molar-refractivity contribution in [2.24, 2.45) is 11.8 Å². The fraction of sp³-hybridized carbons (Fsp3) is 1.00. The summed E-state index contributed by atoms with van der Waals surface area (Å²) < 4.78 is 5.48. The van der Waals surface area contributed by atoms with Crippen LogP contribution in [-0.2, 0) is 4.74 Å². The van der Waals surface area contributed by atoms with Crippen LogP contribution < -0.4 is 0 Å². The van der Waals surface area contributed by atoms with E-state index in [-0.39, 0.29) is 5.60 Å². The summed E-state index contributed by atoms with van der Waals surface area (Å²) in [7, 11) is 1.79. The maximum Gasteiger partial charge on any atom is 0.0650 e. The highest BCUT2D eigenvalue weighted by Gasteiger charge is 2.32. The van der Waals surface area contributed by atoms with Crippen molar-refractivity contribution in [3.05, 3.63) is 0 Å². The van der Waals surface area contributed by atoms with E-state index in [1.807, 2.05) is 0 Å². The van der Waals surface area contributed by atoms with Crippen LogP contribution in [0.5, 0.6) is 0 Å². The largest absolute Gasteiger partial charge is 0.396 e. The van der Waals surface area contributed by atoms with Gasteiger partial charge in [-0.05, 0) is 51.4 Å². The topological polar surface area (TPSA) is 29.5 Å². The zero-order chi connectivity index (χ0) is 9.90. The van der Waals surface area contributed by atoms with Gasteiger partial charge in [0, 0.05) is 13.7 Å². The van der Waals surface area contributed by atoms with Gasteiger partial charge in [0.15, 0.2) is 0 Å². The minimum Gasteiger partial charge on any atom is -0.396 e. The van der Waals surface area contributed by atoms with E-state index in [1.54, 1.807) is 7.11 Å². The molecule has 1 aliphatic rings. The quantitative estimate of drug-likeness (QED) is 0.732. The first-order valence-electron chi connectivity index (χ1n) is 5.26. The fourth-order valence-corrected chi connectivity index (χ4v) is 2.21. The molecule has 1 rings (SSSR count). The fourth-order valence-electron chi connectivity index (χ4n) is 2.21. The Morgan fingerprint density at radius 3 is 2.15 bits per heavy atom. The summed E-state index contributed by atoms with van der Waals surface area (Å²) in [6, 6.07) is 0. The Labute approximate surface area is 81.3 Å². The van der Waals surface area contributed by atoms with Crippen LogP contribution in [0.4, 0.5) is 0 Å². The number of aliphatic hydroxyl groups excluding tert-OH is 1. The van der Waals surface area contributed by atoms with E-state index in [1.165, 1.54) is 12.8 Å². The summed E-state index contributed by atoms with van der Waals surface area (Å²) in [6.45, 7) is 4.69. The first kappa shape index (κ1) is 11.0. The van der Waals surface area contributed by atoms with Crippen LogP contribution in [0, 0.1) is 11.8 Å². The van der Waals surface area contributed by atoms with Gasteiger partial charge in [0.05, 0.1) is 5.60 Å². The van der Waals surface area contributed by atoms with E-state index in [0.29, 0.717) is 18.4 Å². The molecule has 0 amide bonds. The molecule has 0 heterocycles. The Hall–Kier alpha value is -0.0800. The zero-order valence-electron chi connectivity index (χ0n) is 9.05. The molecule has 78 valence electrons. The highest BCUT2D eigenvalue weighted by molar-refractivity contribution is 4.83. The third-order valence-electron chi connectivity index (χ3n) is 3.61. The third kappa shape index (κ3) is 2.68. The monoisotopic (exact) mass is 186 g/mol. The molecular formula is C11H22O2. The van der Waals surface area contributed by atoms with Crippen LogP contribution in [0.25, 0.3) is 0 Å². The van der Waals surface area contributed by atoms with Gasteiger partial charge >= 0.3 is 0 Å². The lowest BCUT2D eigenvalue weighted by molar-refractivity contribution is -0.0468. The molecule has 0 spiro atoms. The first-order chi connectivity index (χ1) is 6.10. The average molecular weight is 186 g/mol. The number of rotatable bonds is 3. The summed E-state index contributed by atoms with van der Waals surface area (Å²) in [5.74, 6) is 1.21. The van der Waals surface area contributed by atoms with Gasteiger partial charge in [0.25, 0.3) is 0 Å². The Morgan fingerprint density at radius 1 is 1.23 bits per heavy atom. The molecule has 1 saturated carbocycles. The molecule has 0 bridgehead atoms. The lowest BCUT2D eigenvalue weighted by atomic mass is 9.75. The van der Waals surface area contributed by atoms with Gasteiger partial charge in [-0.1, -0.05) is 0 Å².